The van der Waals surface area contributed by atoms with Gasteiger partial charge in [-0.2, -0.15) is 0 Å². The van der Waals surface area contributed by atoms with Crippen LogP contribution < -0.4 is 14.8 Å². The molecule has 1 heterocycles. The Hall–Kier alpha value is -2.34. The number of nitrogens with one attached hydrogen (secondary N) is 1. The van der Waals surface area contributed by atoms with Gasteiger partial charge in [-0.25, -0.2) is 9.97 Å². The second-order valence-electron chi connectivity index (χ2n) is 3.98. The van der Waals surface area contributed by atoms with E-state index in [1.54, 1.807) is 18.2 Å². The molecule has 1 amide bonds. The summed E-state index contributed by atoms with van der Waals surface area (Å²) < 4.78 is 10.3. The molecule has 0 bridgehead atoms. The van der Waals surface area contributed by atoms with E-state index < -0.39 is 0 Å². The van der Waals surface area contributed by atoms with Crippen molar-refractivity contribution in [3.63, 3.8) is 0 Å². The molecule has 1 aromatic heterocycles. The number of carbonyl (C=O) groups excluding carboxylic acids is 1. The third-order valence-corrected chi connectivity index (χ3v) is 2.87. The maximum Gasteiger partial charge on any atom is 0.274 e. The Morgan fingerprint density at radius 1 is 1.33 bits per heavy atom. The number of halogens is 1. The molecular weight excluding hydrogens is 294 g/mol. The molecule has 1 aromatic carbocycles. The van der Waals surface area contributed by atoms with Crippen molar-refractivity contribution in [1.82, 2.24) is 9.97 Å². The predicted octanol–water partition coefficient (Wildman–Crippen LogP) is 2.79. The lowest BCUT2D eigenvalue weighted by atomic mass is 10.3. The highest BCUT2D eigenvalue weighted by molar-refractivity contribution is 6.32. The van der Waals surface area contributed by atoms with Crippen LogP contribution in [-0.2, 0) is 0 Å². The molecular formula is C14H14ClN3O3. The summed E-state index contributed by atoms with van der Waals surface area (Å²) in [5.74, 6) is 0.514. The monoisotopic (exact) mass is 307 g/mol. The number of methoxy groups -OCH3 is 1. The van der Waals surface area contributed by atoms with Gasteiger partial charge in [-0.15, -0.1) is 0 Å². The van der Waals surface area contributed by atoms with Gasteiger partial charge in [0.25, 0.3) is 5.91 Å². The standard InChI is InChI=1S/C14H14ClN3O3/c1-3-21-13-7-11(16-8-17-13)14(19)18-9-4-5-12(20-2)10(15)6-9/h4-8H,3H2,1-2H3,(H,18,19). The molecule has 0 saturated heterocycles. The van der Waals surface area contributed by atoms with Crippen LogP contribution in [0.4, 0.5) is 5.69 Å². The van der Waals surface area contributed by atoms with Crippen molar-refractivity contribution in [1.29, 1.82) is 0 Å². The normalized spacial score (nSPS) is 10.0. The number of rotatable bonds is 5. The summed E-state index contributed by atoms with van der Waals surface area (Å²) in [6.07, 6.45) is 1.28. The molecule has 0 aliphatic carbocycles. The molecule has 0 saturated carbocycles. The van der Waals surface area contributed by atoms with E-state index in [9.17, 15) is 4.79 Å². The quantitative estimate of drug-likeness (QED) is 0.919. The molecule has 0 atom stereocenters. The summed E-state index contributed by atoms with van der Waals surface area (Å²) in [7, 11) is 1.52. The van der Waals surface area contributed by atoms with Gasteiger partial charge in [0.05, 0.1) is 18.7 Å². The van der Waals surface area contributed by atoms with Crippen LogP contribution in [0.5, 0.6) is 11.6 Å². The number of aromatic nitrogens is 2. The van der Waals surface area contributed by atoms with E-state index in [1.807, 2.05) is 6.92 Å². The molecule has 0 radical (unpaired) electrons. The van der Waals surface area contributed by atoms with Crippen LogP contribution in [0.2, 0.25) is 5.02 Å². The number of amides is 1. The van der Waals surface area contributed by atoms with Crippen molar-refractivity contribution in [2.45, 2.75) is 6.92 Å². The summed E-state index contributed by atoms with van der Waals surface area (Å²) in [4.78, 5) is 19.9. The van der Waals surface area contributed by atoms with Gasteiger partial charge in [-0.05, 0) is 25.1 Å². The molecule has 7 heteroatoms. The Morgan fingerprint density at radius 2 is 2.14 bits per heavy atom. The number of nitrogens with zero attached hydrogens (tertiary/aromatic N) is 2. The largest absolute Gasteiger partial charge is 0.495 e. The van der Waals surface area contributed by atoms with E-state index in [1.165, 1.54) is 19.5 Å². The van der Waals surface area contributed by atoms with Crippen molar-refractivity contribution >= 4 is 23.2 Å². The number of ether oxygens (including phenoxy) is 2. The SMILES string of the molecule is CCOc1cc(C(=O)Nc2ccc(OC)c(Cl)c2)ncn1. The average Bonchev–Trinajstić information content (AvgIpc) is 2.48. The molecule has 2 aromatic rings. The van der Waals surface area contributed by atoms with Crippen LogP contribution in [0.25, 0.3) is 0 Å². The Bertz CT molecular complexity index is 649. The second-order valence-corrected chi connectivity index (χ2v) is 4.39. The molecule has 1 N–H and O–H groups in total. The summed E-state index contributed by atoms with van der Waals surface area (Å²) in [6.45, 7) is 2.30. The molecule has 21 heavy (non-hydrogen) atoms. The van der Waals surface area contributed by atoms with Gasteiger partial charge in [0.15, 0.2) is 0 Å². The zero-order valence-electron chi connectivity index (χ0n) is 11.6. The van der Waals surface area contributed by atoms with Gasteiger partial charge in [-0.1, -0.05) is 11.6 Å². The molecule has 0 aliphatic rings. The van der Waals surface area contributed by atoms with Crippen LogP contribution in [0.3, 0.4) is 0 Å². The zero-order valence-corrected chi connectivity index (χ0v) is 12.3. The van der Waals surface area contributed by atoms with E-state index in [2.05, 4.69) is 15.3 Å². The van der Waals surface area contributed by atoms with E-state index in [4.69, 9.17) is 21.1 Å². The maximum atomic E-state index is 12.1. The van der Waals surface area contributed by atoms with E-state index >= 15 is 0 Å². The fraction of sp³-hybridized carbons (Fsp3) is 0.214. The van der Waals surface area contributed by atoms with Crippen LogP contribution in [0, 0.1) is 0 Å². The fourth-order valence-electron chi connectivity index (χ4n) is 1.63. The van der Waals surface area contributed by atoms with Gasteiger partial charge in [0.2, 0.25) is 5.88 Å². The lowest BCUT2D eigenvalue weighted by molar-refractivity contribution is 0.102. The third kappa shape index (κ3) is 3.82. The molecule has 2 rings (SSSR count). The van der Waals surface area contributed by atoms with Crippen molar-refractivity contribution in [3.05, 3.63) is 41.3 Å². The number of benzene rings is 1. The van der Waals surface area contributed by atoms with Crippen molar-refractivity contribution in [2.75, 3.05) is 19.0 Å². The maximum absolute atomic E-state index is 12.1. The minimum atomic E-state index is -0.375. The van der Waals surface area contributed by atoms with Crippen molar-refractivity contribution in [3.8, 4) is 11.6 Å². The highest BCUT2D eigenvalue weighted by Crippen LogP contribution is 2.27. The Kier molecular flexibility index (Phi) is 4.94. The van der Waals surface area contributed by atoms with Crippen molar-refractivity contribution < 1.29 is 14.3 Å². The number of hydrogen-bond acceptors (Lipinski definition) is 5. The van der Waals surface area contributed by atoms with E-state index in [0.29, 0.717) is 28.9 Å². The minimum absolute atomic E-state index is 0.209. The highest BCUT2D eigenvalue weighted by Gasteiger charge is 2.11. The first-order valence-electron chi connectivity index (χ1n) is 6.23. The van der Waals surface area contributed by atoms with Crippen LogP contribution in [0.1, 0.15) is 17.4 Å². The molecule has 110 valence electrons. The van der Waals surface area contributed by atoms with Crippen molar-refractivity contribution in [2.24, 2.45) is 0 Å². The first kappa shape index (κ1) is 15.1. The van der Waals surface area contributed by atoms with Gasteiger partial charge in [0, 0.05) is 11.8 Å². The second kappa shape index (κ2) is 6.90. The summed E-state index contributed by atoms with van der Waals surface area (Å²) in [5.41, 5.74) is 0.753. The summed E-state index contributed by atoms with van der Waals surface area (Å²) in [5, 5.41) is 3.11. The molecule has 0 spiro atoms. The number of carbonyl (C=O) groups is 1. The third-order valence-electron chi connectivity index (χ3n) is 2.58. The molecule has 0 aliphatic heterocycles. The first-order chi connectivity index (χ1) is 10.1. The lowest BCUT2D eigenvalue weighted by Crippen LogP contribution is -2.14. The van der Waals surface area contributed by atoms with Gasteiger partial charge in [-0.3, -0.25) is 4.79 Å². The van der Waals surface area contributed by atoms with Gasteiger partial charge >= 0.3 is 0 Å². The zero-order chi connectivity index (χ0) is 15.2. The predicted molar refractivity (Wildman–Crippen MR) is 79.2 cm³/mol. The van der Waals surface area contributed by atoms with Crippen LogP contribution >= 0.6 is 11.6 Å². The number of anilines is 1. The molecule has 0 fully saturated rings. The Morgan fingerprint density at radius 3 is 2.81 bits per heavy atom. The topological polar surface area (TPSA) is 73.3 Å². The van der Waals surface area contributed by atoms with Crippen LogP contribution in [-0.4, -0.2) is 29.6 Å². The smallest absolute Gasteiger partial charge is 0.274 e. The van der Waals surface area contributed by atoms with Gasteiger partial charge < -0.3 is 14.8 Å². The molecule has 0 unspecified atom stereocenters. The summed E-state index contributed by atoms with van der Waals surface area (Å²) >= 11 is 6.00. The fourth-order valence-corrected chi connectivity index (χ4v) is 1.89. The lowest BCUT2D eigenvalue weighted by Gasteiger charge is -2.08. The van der Waals surface area contributed by atoms with Gasteiger partial charge in [0.1, 0.15) is 17.8 Å². The average molecular weight is 308 g/mol. The number of hydrogen-bond donors (Lipinski definition) is 1. The Balaban J connectivity index is 2.14. The van der Waals surface area contributed by atoms with Crippen LogP contribution in [0.15, 0.2) is 30.6 Å². The highest BCUT2D eigenvalue weighted by atomic mass is 35.5. The molecule has 6 nitrogen and oxygen atoms in total. The minimum Gasteiger partial charge on any atom is -0.495 e. The van der Waals surface area contributed by atoms with E-state index in [0.717, 1.165) is 0 Å². The first-order valence-corrected chi connectivity index (χ1v) is 6.61. The summed E-state index contributed by atoms with van der Waals surface area (Å²) in [6, 6.07) is 6.43. The van der Waals surface area contributed by atoms with E-state index in [-0.39, 0.29) is 11.6 Å². The Labute approximate surface area is 127 Å².